The highest BCUT2D eigenvalue weighted by Crippen LogP contribution is 2.40. The minimum atomic E-state index is -0.554. The van der Waals surface area contributed by atoms with E-state index in [1.165, 1.54) is 12.0 Å². The van der Waals surface area contributed by atoms with E-state index in [4.69, 9.17) is 5.21 Å². The Bertz CT molecular complexity index is 919. The molecule has 2 amide bonds. The Labute approximate surface area is 182 Å². The van der Waals surface area contributed by atoms with Gasteiger partial charge < -0.3 is 10.2 Å². The van der Waals surface area contributed by atoms with Crippen molar-refractivity contribution in [3.63, 3.8) is 0 Å². The maximum Gasteiger partial charge on any atom is 0.274 e. The van der Waals surface area contributed by atoms with Crippen LogP contribution in [0.25, 0.3) is 6.08 Å². The fraction of sp³-hybridized carbons (Fsp3) is 0.360. The predicted molar refractivity (Wildman–Crippen MR) is 120 cm³/mol. The average Bonchev–Trinajstić information content (AvgIpc) is 3.62. The Balaban J connectivity index is 1.18. The minimum Gasteiger partial charge on any atom is -0.339 e. The first-order valence-corrected chi connectivity index (χ1v) is 10.9. The lowest BCUT2D eigenvalue weighted by atomic mass is 9.96. The molecule has 31 heavy (non-hydrogen) atoms. The van der Waals surface area contributed by atoms with Gasteiger partial charge in [0, 0.05) is 36.7 Å². The van der Waals surface area contributed by atoms with Crippen LogP contribution >= 0.6 is 0 Å². The van der Waals surface area contributed by atoms with Gasteiger partial charge in [-0.05, 0) is 61.1 Å². The van der Waals surface area contributed by atoms with Crippen molar-refractivity contribution in [1.29, 1.82) is 0 Å². The molecular formula is C25H29N3O3. The van der Waals surface area contributed by atoms with Crippen molar-refractivity contribution < 1.29 is 14.8 Å². The van der Waals surface area contributed by atoms with E-state index in [1.54, 1.807) is 41.9 Å². The standard InChI is InChI=1S/C25H29N3O3/c29-24(11-8-18-6-9-21(10-7-18)25(30)27-31)28-14-12-19(13-15-28)17-26-23-16-22(23)20-4-2-1-3-5-20/h1-11,19,22-23,26,31H,12-17H2,(H,27,30)/b11-8+. The zero-order chi connectivity index (χ0) is 21.6. The molecule has 6 nitrogen and oxygen atoms in total. The number of benzene rings is 2. The highest BCUT2D eigenvalue weighted by atomic mass is 16.5. The summed E-state index contributed by atoms with van der Waals surface area (Å²) in [5, 5.41) is 12.4. The minimum absolute atomic E-state index is 0.0231. The van der Waals surface area contributed by atoms with Crippen LogP contribution in [0, 0.1) is 5.92 Å². The molecule has 1 heterocycles. The Morgan fingerprint density at radius 1 is 1.03 bits per heavy atom. The molecule has 162 valence electrons. The lowest BCUT2D eigenvalue weighted by Gasteiger charge is -2.31. The molecular weight excluding hydrogens is 390 g/mol. The number of hydrogen-bond donors (Lipinski definition) is 3. The van der Waals surface area contributed by atoms with Crippen LogP contribution in [0.3, 0.4) is 0 Å². The van der Waals surface area contributed by atoms with E-state index in [-0.39, 0.29) is 5.91 Å². The molecule has 6 heteroatoms. The van der Waals surface area contributed by atoms with Crippen LogP contribution < -0.4 is 10.8 Å². The van der Waals surface area contributed by atoms with E-state index in [9.17, 15) is 9.59 Å². The maximum atomic E-state index is 12.5. The largest absolute Gasteiger partial charge is 0.339 e. The molecule has 1 saturated carbocycles. The quantitative estimate of drug-likeness (QED) is 0.366. The molecule has 0 radical (unpaired) electrons. The van der Waals surface area contributed by atoms with Gasteiger partial charge in [0.15, 0.2) is 0 Å². The average molecular weight is 420 g/mol. The van der Waals surface area contributed by atoms with Gasteiger partial charge in [-0.1, -0.05) is 42.5 Å². The van der Waals surface area contributed by atoms with Crippen molar-refractivity contribution in [1.82, 2.24) is 15.7 Å². The van der Waals surface area contributed by atoms with Crippen LogP contribution in [-0.2, 0) is 4.79 Å². The van der Waals surface area contributed by atoms with E-state index < -0.39 is 5.91 Å². The monoisotopic (exact) mass is 419 g/mol. The Morgan fingerprint density at radius 2 is 1.74 bits per heavy atom. The molecule has 2 fully saturated rings. The van der Waals surface area contributed by atoms with Gasteiger partial charge in [0.1, 0.15) is 0 Å². The molecule has 2 aromatic carbocycles. The molecule has 1 aliphatic heterocycles. The van der Waals surface area contributed by atoms with Crippen LogP contribution in [-0.4, -0.2) is 47.6 Å². The summed E-state index contributed by atoms with van der Waals surface area (Å²) in [6.45, 7) is 2.61. The number of nitrogens with zero attached hydrogens (tertiary/aromatic N) is 1. The number of carbonyl (C=O) groups excluding carboxylic acids is 2. The summed E-state index contributed by atoms with van der Waals surface area (Å²) in [6.07, 6.45) is 6.63. The third-order valence-electron chi connectivity index (χ3n) is 6.31. The third kappa shape index (κ3) is 5.60. The molecule has 2 unspecified atom stereocenters. The lowest BCUT2D eigenvalue weighted by Crippen LogP contribution is -2.40. The first-order valence-electron chi connectivity index (χ1n) is 10.9. The molecule has 2 aromatic rings. The molecule has 1 aliphatic carbocycles. The summed E-state index contributed by atoms with van der Waals surface area (Å²) < 4.78 is 0. The van der Waals surface area contributed by atoms with E-state index in [2.05, 4.69) is 35.6 Å². The second kappa shape index (κ2) is 9.90. The number of hydrogen-bond acceptors (Lipinski definition) is 4. The topological polar surface area (TPSA) is 81.7 Å². The molecule has 4 rings (SSSR count). The zero-order valence-electron chi connectivity index (χ0n) is 17.5. The van der Waals surface area contributed by atoms with E-state index in [0.29, 0.717) is 23.4 Å². The van der Waals surface area contributed by atoms with Crippen LogP contribution in [0.1, 0.15) is 46.7 Å². The van der Waals surface area contributed by atoms with E-state index in [0.717, 1.165) is 38.0 Å². The molecule has 3 N–H and O–H groups in total. The third-order valence-corrected chi connectivity index (χ3v) is 6.31. The van der Waals surface area contributed by atoms with Crippen LogP contribution in [0.2, 0.25) is 0 Å². The van der Waals surface area contributed by atoms with Crippen LogP contribution in [0.5, 0.6) is 0 Å². The van der Waals surface area contributed by atoms with E-state index in [1.807, 2.05) is 4.90 Å². The second-order valence-corrected chi connectivity index (χ2v) is 8.43. The SMILES string of the molecule is O=C(NO)c1ccc(/C=C/C(=O)N2CCC(CNC3CC3c3ccccc3)CC2)cc1. The van der Waals surface area contributed by atoms with Gasteiger partial charge in [-0.25, -0.2) is 5.48 Å². The Kier molecular flexibility index (Phi) is 6.79. The summed E-state index contributed by atoms with van der Waals surface area (Å²) in [5.41, 5.74) is 4.23. The normalized spacial score (nSPS) is 21.3. The fourth-order valence-corrected chi connectivity index (χ4v) is 4.25. The number of likely N-dealkylation sites (tertiary alicyclic amines) is 1. The summed E-state index contributed by atoms with van der Waals surface area (Å²) in [5.74, 6) is 0.742. The zero-order valence-corrected chi connectivity index (χ0v) is 17.5. The van der Waals surface area contributed by atoms with Gasteiger partial charge >= 0.3 is 0 Å². The number of rotatable bonds is 7. The summed E-state index contributed by atoms with van der Waals surface area (Å²) in [7, 11) is 0. The van der Waals surface area contributed by atoms with Gasteiger partial charge in [-0.15, -0.1) is 0 Å². The number of piperidine rings is 1. The van der Waals surface area contributed by atoms with Crippen molar-refractivity contribution in [3.05, 3.63) is 77.4 Å². The van der Waals surface area contributed by atoms with Gasteiger partial charge in [-0.2, -0.15) is 0 Å². The van der Waals surface area contributed by atoms with Gasteiger partial charge in [0.2, 0.25) is 5.91 Å². The van der Waals surface area contributed by atoms with E-state index >= 15 is 0 Å². The van der Waals surface area contributed by atoms with Crippen molar-refractivity contribution in [2.45, 2.75) is 31.2 Å². The summed E-state index contributed by atoms with van der Waals surface area (Å²) in [4.78, 5) is 25.8. The highest BCUT2D eigenvalue weighted by molar-refractivity contribution is 5.94. The number of nitrogens with one attached hydrogen (secondary N) is 2. The van der Waals surface area contributed by atoms with Crippen molar-refractivity contribution in [2.75, 3.05) is 19.6 Å². The van der Waals surface area contributed by atoms with Crippen molar-refractivity contribution >= 4 is 17.9 Å². The van der Waals surface area contributed by atoms with Crippen LogP contribution in [0.4, 0.5) is 0 Å². The molecule has 2 atom stereocenters. The highest BCUT2D eigenvalue weighted by Gasteiger charge is 2.38. The summed E-state index contributed by atoms with van der Waals surface area (Å²) >= 11 is 0. The van der Waals surface area contributed by atoms with Gasteiger partial charge in [0.05, 0.1) is 0 Å². The first kappa shape index (κ1) is 21.3. The second-order valence-electron chi connectivity index (χ2n) is 8.43. The first-order chi connectivity index (χ1) is 15.1. The fourth-order valence-electron chi connectivity index (χ4n) is 4.25. The lowest BCUT2D eigenvalue weighted by molar-refractivity contribution is -0.127. The Hall–Kier alpha value is -2.96. The molecule has 0 bridgehead atoms. The summed E-state index contributed by atoms with van der Waals surface area (Å²) in [6, 6.07) is 18.0. The molecule has 1 saturated heterocycles. The van der Waals surface area contributed by atoms with Gasteiger partial charge in [0.25, 0.3) is 5.91 Å². The smallest absolute Gasteiger partial charge is 0.274 e. The van der Waals surface area contributed by atoms with Crippen molar-refractivity contribution in [2.24, 2.45) is 5.92 Å². The molecule has 0 aromatic heterocycles. The predicted octanol–water partition coefficient (Wildman–Crippen LogP) is 3.20. The maximum absolute atomic E-state index is 12.5. The molecule has 2 aliphatic rings. The number of hydroxylamine groups is 1. The Morgan fingerprint density at radius 3 is 2.42 bits per heavy atom. The van der Waals surface area contributed by atoms with Gasteiger partial charge in [-0.3, -0.25) is 14.8 Å². The molecule has 0 spiro atoms. The number of carbonyl (C=O) groups is 2. The van der Waals surface area contributed by atoms with Crippen molar-refractivity contribution in [3.8, 4) is 0 Å². The van der Waals surface area contributed by atoms with Crippen LogP contribution in [0.15, 0.2) is 60.7 Å². The number of amides is 2.